The van der Waals surface area contributed by atoms with E-state index < -0.39 is 48.3 Å². The van der Waals surface area contributed by atoms with Crippen molar-refractivity contribution in [1.82, 2.24) is 25.1 Å². The predicted molar refractivity (Wildman–Crippen MR) is 128 cm³/mol. The second-order valence-corrected chi connectivity index (χ2v) is 8.91. The standard InChI is InChI=1S/C25H28FN5O6/c1-28-15-22(32)30-20(11-23(33)34)24(35)29(13-17-5-9-19(37-2)10-6-17)14-21(30)31(28)25(36)27-12-16-3-7-18(26)8-4-16/h3-10,20-21H,11-15H2,1-2H3,(H,27,36)(H,33,34)/t20-,21-/m0/s1. The number of hydrogen-bond acceptors (Lipinski definition) is 6. The molecule has 4 amide bonds. The number of hydrazine groups is 1. The van der Waals surface area contributed by atoms with Crippen LogP contribution in [0.5, 0.6) is 5.75 Å². The van der Waals surface area contributed by atoms with Gasteiger partial charge in [-0.15, -0.1) is 0 Å². The van der Waals surface area contributed by atoms with Crippen molar-refractivity contribution in [2.45, 2.75) is 31.7 Å². The number of carbonyl (C=O) groups is 4. The van der Waals surface area contributed by atoms with Gasteiger partial charge in [0.2, 0.25) is 11.8 Å². The zero-order chi connectivity index (χ0) is 26.7. The van der Waals surface area contributed by atoms with E-state index >= 15 is 0 Å². The van der Waals surface area contributed by atoms with Crippen LogP contribution < -0.4 is 10.1 Å². The van der Waals surface area contributed by atoms with Gasteiger partial charge in [0.25, 0.3) is 0 Å². The lowest BCUT2D eigenvalue weighted by molar-refractivity contribution is -0.189. The number of fused-ring (bicyclic) bond motifs is 1. The first-order chi connectivity index (χ1) is 17.7. The Morgan fingerprint density at radius 2 is 1.73 bits per heavy atom. The first-order valence-electron chi connectivity index (χ1n) is 11.6. The molecule has 2 aromatic rings. The smallest absolute Gasteiger partial charge is 0.334 e. The number of amides is 4. The van der Waals surface area contributed by atoms with Gasteiger partial charge in [0.15, 0.2) is 0 Å². The topological polar surface area (TPSA) is 123 Å². The molecule has 2 fully saturated rings. The van der Waals surface area contributed by atoms with Crippen LogP contribution in [0.3, 0.4) is 0 Å². The molecule has 2 N–H and O–H groups in total. The summed E-state index contributed by atoms with van der Waals surface area (Å²) < 4.78 is 18.4. The number of methoxy groups -OCH3 is 1. The molecular formula is C25H28FN5O6. The number of hydrogen-bond donors (Lipinski definition) is 2. The molecule has 11 nitrogen and oxygen atoms in total. The van der Waals surface area contributed by atoms with Gasteiger partial charge in [-0.3, -0.25) is 14.4 Å². The number of halogens is 1. The first-order valence-corrected chi connectivity index (χ1v) is 11.6. The van der Waals surface area contributed by atoms with E-state index in [0.717, 1.165) is 5.56 Å². The van der Waals surface area contributed by atoms with Gasteiger partial charge in [-0.05, 0) is 35.4 Å². The lowest BCUT2D eigenvalue weighted by atomic mass is 10.0. The highest BCUT2D eigenvalue weighted by Gasteiger charge is 2.51. The highest BCUT2D eigenvalue weighted by atomic mass is 19.1. The fraction of sp³-hybridized carbons (Fsp3) is 0.360. The summed E-state index contributed by atoms with van der Waals surface area (Å²) in [5.41, 5.74) is 1.45. The number of benzene rings is 2. The molecule has 0 radical (unpaired) electrons. The Morgan fingerprint density at radius 3 is 2.35 bits per heavy atom. The average molecular weight is 514 g/mol. The summed E-state index contributed by atoms with van der Waals surface area (Å²) in [6, 6.07) is 10.9. The van der Waals surface area contributed by atoms with Crippen LogP contribution in [0.4, 0.5) is 9.18 Å². The van der Waals surface area contributed by atoms with Crippen LogP contribution >= 0.6 is 0 Å². The monoisotopic (exact) mass is 513 g/mol. The summed E-state index contributed by atoms with van der Waals surface area (Å²) >= 11 is 0. The molecule has 12 heteroatoms. The molecule has 2 heterocycles. The molecule has 2 saturated heterocycles. The Bertz CT molecular complexity index is 1180. The Balaban J connectivity index is 1.59. The van der Waals surface area contributed by atoms with Crippen molar-refractivity contribution in [3.05, 3.63) is 65.5 Å². The zero-order valence-electron chi connectivity index (χ0n) is 20.5. The van der Waals surface area contributed by atoms with Crippen molar-refractivity contribution in [3.8, 4) is 5.75 Å². The average Bonchev–Trinajstić information content (AvgIpc) is 2.86. The Hall–Kier alpha value is -4.19. The maximum absolute atomic E-state index is 13.4. The van der Waals surface area contributed by atoms with Crippen LogP contribution in [0.2, 0.25) is 0 Å². The number of carboxylic acids is 1. The van der Waals surface area contributed by atoms with Gasteiger partial charge in [0.05, 0.1) is 26.6 Å². The van der Waals surface area contributed by atoms with Crippen molar-refractivity contribution in [3.63, 3.8) is 0 Å². The maximum atomic E-state index is 13.4. The Kier molecular flexibility index (Phi) is 7.58. The summed E-state index contributed by atoms with van der Waals surface area (Å²) in [6.45, 7) is 0.0484. The minimum atomic E-state index is -1.26. The second-order valence-electron chi connectivity index (χ2n) is 8.91. The molecule has 2 aliphatic rings. The maximum Gasteiger partial charge on any atom is 0.334 e. The van der Waals surface area contributed by atoms with E-state index in [1.54, 1.807) is 50.6 Å². The number of urea groups is 1. The summed E-state index contributed by atoms with van der Waals surface area (Å²) in [5, 5.41) is 15.0. The summed E-state index contributed by atoms with van der Waals surface area (Å²) in [6.07, 6.45) is -1.51. The second kappa shape index (κ2) is 10.8. The lowest BCUT2D eigenvalue weighted by Crippen LogP contribution is -2.76. The Morgan fingerprint density at radius 1 is 1.08 bits per heavy atom. The molecule has 2 atom stereocenters. The van der Waals surface area contributed by atoms with E-state index in [1.165, 1.54) is 32.0 Å². The van der Waals surface area contributed by atoms with Crippen molar-refractivity contribution >= 4 is 23.8 Å². The van der Waals surface area contributed by atoms with Gasteiger partial charge in [0, 0.05) is 20.1 Å². The molecule has 0 bridgehead atoms. The molecule has 196 valence electrons. The van der Waals surface area contributed by atoms with Crippen LogP contribution in [0.1, 0.15) is 17.5 Å². The molecule has 2 aromatic carbocycles. The van der Waals surface area contributed by atoms with Gasteiger partial charge in [-0.2, -0.15) is 0 Å². The first kappa shape index (κ1) is 25.9. The normalized spacial score (nSPS) is 20.0. The number of rotatable bonds is 7. The molecule has 0 spiro atoms. The number of likely N-dealkylation sites (N-methyl/N-ethyl adjacent to an activating group) is 1. The van der Waals surface area contributed by atoms with Crippen LogP contribution in [0.25, 0.3) is 0 Å². The minimum absolute atomic E-state index is 0.0129. The van der Waals surface area contributed by atoms with Crippen LogP contribution in [0, 0.1) is 5.82 Å². The van der Waals surface area contributed by atoms with E-state index in [1.807, 2.05) is 0 Å². The fourth-order valence-corrected chi connectivity index (χ4v) is 4.63. The molecule has 37 heavy (non-hydrogen) atoms. The molecule has 4 rings (SSSR count). The largest absolute Gasteiger partial charge is 0.497 e. The van der Waals surface area contributed by atoms with E-state index in [-0.39, 0.29) is 26.2 Å². The van der Waals surface area contributed by atoms with Crippen molar-refractivity contribution in [2.24, 2.45) is 0 Å². The highest BCUT2D eigenvalue weighted by Crippen LogP contribution is 2.28. The van der Waals surface area contributed by atoms with Gasteiger partial charge in [-0.1, -0.05) is 24.3 Å². The number of aliphatic carboxylic acids is 1. The lowest BCUT2D eigenvalue weighted by Gasteiger charge is -2.54. The van der Waals surface area contributed by atoms with Crippen LogP contribution in [-0.4, -0.2) is 88.2 Å². The number of nitrogens with one attached hydrogen (secondary N) is 1. The van der Waals surface area contributed by atoms with Gasteiger partial charge < -0.3 is 25.0 Å². The molecular weight excluding hydrogens is 485 g/mol. The number of ether oxygens (including phenoxy) is 1. The van der Waals surface area contributed by atoms with E-state index in [4.69, 9.17) is 4.74 Å². The highest BCUT2D eigenvalue weighted by molar-refractivity contribution is 5.93. The fourth-order valence-electron chi connectivity index (χ4n) is 4.63. The van der Waals surface area contributed by atoms with E-state index in [0.29, 0.717) is 11.3 Å². The number of carbonyl (C=O) groups excluding carboxylic acids is 3. The number of nitrogens with zero attached hydrogens (tertiary/aromatic N) is 4. The Labute approximate surface area is 212 Å². The third kappa shape index (κ3) is 5.64. The quantitative estimate of drug-likeness (QED) is 0.571. The van der Waals surface area contributed by atoms with Gasteiger partial charge >= 0.3 is 12.0 Å². The third-order valence-corrected chi connectivity index (χ3v) is 6.41. The molecule has 0 unspecified atom stereocenters. The third-order valence-electron chi connectivity index (χ3n) is 6.41. The van der Waals surface area contributed by atoms with E-state index in [2.05, 4.69) is 5.32 Å². The van der Waals surface area contributed by atoms with Crippen molar-refractivity contribution in [2.75, 3.05) is 27.2 Å². The zero-order valence-corrected chi connectivity index (χ0v) is 20.5. The molecule has 0 saturated carbocycles. The van der Waals surface area contributed by atoms with Gasteiger partial charge in [-0.25, -0.2) is 19.2 Å². The summed E-state index contributed by atoms with van der Waals surface area (Å²) in [7, 11) is 3.11. The molecule has 0 aliphatic carbocycles. The predicted octanol–water partition coefficient (Wildman–Crippen LogP) is 1.25. The number of piperazine rings is 1. The summed E-state index contributed by atoms with van der Waals surface area (Å²) in [4.78, 5) is 54.0. The van der Waals surface area contributed by atoms with Crippen LogP contribution in [0.15, 0.2) is 48.5 Å². The molecule has 2 aliphatic heterocycles. The van der Waals surface area contributed by atoms with Crippen molar-refractivity contribution < 1.29 is 33.4 Å². The van der Waals surface area contributed by atoms with E-state index in [9.17, 15) is 28.7 Å². The van der Waals surface area contributed by atoms with Crippen LogP contribution in [-0.2, 0) is 27.5 Å². The SMILES string of the molecule is COc1ccc(CN2C[C@H]3N(C(=O)CN(C)N3C(=O)NCc3ccc(F)cc3)[C@@H](CC(=O)O)C2=O)cc1. The summed E-state index contributed by atoms with van der Waals surface area (Å²) in [5.74, 6) is -1.93. The van der Waals surface area contributed by atoms with Crippen molar-refractivity contribution in [1.29, 1.82) is 0 Å². The number of carboxylic acid groups (broad SMARTS) is 1. The molecule has 0 aromatic heterocycles. The van der Waals surface area contributed by atoms with Gasteiger partial charge in [0.1, 0.15) is 23.8 Å². The minimum Gasteiger partial charge on any atom is -0.497 e.